The zero-order chi connectivity index (χ0) is 26.0. The van der Waals surface area contributed by atoms with Crippen molar-refractivity contribution in [1.82, 2.24) is 0 Å². The van der Waals surface area contributed by atoms with E-state index in [2.05, 4.69) is 5.32 Å². The molecule has 1 N–H and O–H groups in total. The van der Waals surface area contributed by atoms with Gasteiger partial charge < -0.3 is 14.8 Å². The van der Waals surface area contributed by atoms with E-state index in [1.807, 2.05) is 19.9 Å². The van der Waals surface area contributed by atoms with Gasteiger partial charge in [0.2, 0.25) is 5.91 Å². The van der Waals surface area contributed by atoms with Gasteiger partial charge in [-0.05, 0) is 43.7 Å². The van der Waals surface area contributed by atoms with Crippen LogP contribution in [0.1, 0.15) is 19.4 Å². The average Bonchev–Trinajstić information content (AvgIpc) is 2.86. The van der Waals surface area contributed by atoms with Crippen LogP contribution in [0, 0.1) is 0 Å². The summed E-state index contributed by atoms with van der Waals surface area (Å²) in [4.78, 5) is 9.47. The summed E-state index contributed by atoms with van der Waals surface area (Å²) in [6, 6.07) is 4.91. The van der Waals surface area contributed by atoms with E-state index in [-0.39, 0.29) is 0 Å². The molecule has 14 heteroatoms. The number of ether oxygens (including phenoxy) is 2. The maximum absolute atomic E-state index is 13.6. The van der Waals surface area contributed by atoms with E-state index in [1.54, 1.807) is 18.2 Å². The van der Waals surface area contributed by atoms with Crippen molar-refractivity contribution in [1.29, 1.82) is 0 Å². The lowest BCUT2D eigenvalue weighted by molar-refractivity contribution is -0.111. The summed E-state index contributed by atoms with van der Waals surface area (Å²) in [7, 11) is 1.45. The van der Waals surface area contributed by atoms with E-state index < -0.39 is 96.8 Å². The molecule has 2 aromatic carbocycles. The largest absolute Gasteiger partial charge is 0.493 e. The summed E-state index contributed by atoms with van der Waals surface area (Å²) < 4.78 is 78.4. The molecule has 0 bridgehead atoms. The minimum absolute atomic E-state index is 0.345. The minimum Gasteiger partial charge on any atom is -0.493 e. The number of benzene rings is 2. The van der Waals surface area contributed by atoms with Crippen molar-refractivity contribution in [3.8, 4) is 11.5 Å². The van der Waals surface area contributed by atoms with E-state index >= 15 is 0 Å². The van der Waals surface area contributed by atoms with Crippen molar-refractivity contribution in [3.05, 3.63) is 41.5 Å². The molecule has 0 saturated carbocycles. The van der Waals surface area contributed by atoms with Crippen LogP contribution in [-0.4, -0.2) is 19.6 Å². The van der Waals surface area contributed by atoms with Crippen LogP contribution in [0.25, 0.3) is 6.08 Å². The highest BCUT2D eigenvalue weighted by Crippen LogP contribution is 2.54. The maximum atomic E-state index is 13.6. The second-order valence-corrected chi connectivity index (χ2v) is 9.54. The molecule has 0 atom stereocenters. The van der Waals surface area contributed by atoms with Gasteiger partial charge in [0, 0.05) is 6.08 Å². The molecule has 0 saturated heterocycles. The Morgan fingerprint density at radius 3 is 1.91 bits per heavy atom. The summed E-state index contributed by atoms with van der Waals surface area (Å²) in [5, 5.41) is 2.23. The van der Waals surface area contributed by atoms with Crippen LogP contribution in [0.3, 0.4) is 0 Å². The van der Waals surface area contributed by atoms with Gasteiger partial charge in [0.1, 0.15) is 6.61 Å². The van der Waals surface area contributed by atoms with Crippen molar-refractivity contribution in [2.24, 2.45) is 0 Å². The summed E-state index contributed by atoms with van der Waals surface area (Å²) in [5.41, 5.74) is 1.11. The van der Waals surface area contributed by atoms with E-state index in [1.165, 1.54) is 13.2 Å². The fraction of sp³-hybridized carbons (Fsp3) is 0.190. The Bertz CT molecular complexity index is 1080. The Kier molecular flexibility index (Phi) is 12.6. The minimum atomic E-state index is -0.844. The van der Waals surface area contributed by atoms with Crippen LogP contribution in [0.2, 0.25) is 0 Å². The smallest absolute Gasteiger partial charge is 0.248 e. The Labute approximate surface area is 221 Å². The molecule has 0 radical (unpaired) electrons. The summed E-state index contributed by atoms with van der Waals surface area (Å²) in [5.74, 6) is 0.0540. The Balaban J connectivity index is 2.33. The van der Waals surface area contributed by atoms with Crippen LogP contribution < -0.4 is 14.8 Å². The Hall–Kier alpha value is -1.61. The lowest BCUT2D eigenvalue weighted by Crippen LogP contribution is -2.11. The molecule has 190 valence electrons. The molecule has 2 aromatic rings. The number of carbonyl (C=O) groups is 1. The first kappa shape index (κ1) is 29.6. The van der Waals surface area contributed by atoms with Crippen LogP contribution in [0.4, 0.5) is 25.1 Å². The second-order valence-electron chi connectivity index (χ2n) is 6.73. The number of anilines is 1. The van der Waals surface area contributed by atoms with Crippen LogP contribution in [-0.2, 0) is 4.79 Å². The number of allylic oxidation sites excluding steroid dienone is 1. The first-order valence-corrected chi connectivity index (χ1v) is 13.0. The fourth-order valence-electron chi connectivity index (χ4n) is 2.65. The van der Waals surface area contributed by atoms with Gasteiger partial charge >= 0.3 is 0 Å². The number of hydrogen-bond acceptors (Lipinski definition) is 8. The molecule has 0 heterocycles. The molecule has 0 spiro atoms. The lowest BCUT2D eigenvalue weighted by atomic mass is 10.2. The molecule has 0 aliphatic carbocycles. The molecule has 0 fully saturated rings. The van der Waals surface area contributed by atoms with Gasteiger partial charge in [-0.2, -0.15) is 19.4 Å². The van der Waals surface area contributed by atoms with Crippen molar-refractivity contribution in [3.63, 3.8) is 0 Å². The third-order valence-corrected chi connectivity index (χ3v) is 7.59. The van der Waals surface area contributed by atoms with Gasteiger partial charge in [-0.3, -0.25) is 4.79 Å². The highest BCUT2D eigenvalue weighted by Gasteiger charge is 2.28. The van der Waals surface area contributed by atoms with Gasteiger partial charge in [0.25, 0.3) is 0 Å². The summed E-state index contributed by atoms with van der Waals surface area (Å²) in [6.07, 6.45) is 4.34. The van der Waals surface area contributed by atoms with E-state index in [0.29, 0.717) is 23.7 Å². The summed E-state index contributed by atoms with van der Waals surface area (Å²) in [6.45, 7) is 4.22. The number of amides is 1. The zero-order valence-corrected chi connectivity index (χ0v) is 22.4. The van der Waals surface area contributed by atoms with Crippen LogP contribution in [0.5, 0.6) is 11.5 Å². The molecule has 0 aliphatic rings. The lowest BCUT2D eigenvalue weighted by Gasteiger charge is -2.17. The predicted octanol–water partition coefficient (Wildman–Crippen LogP) is 9.58. The quantitative estimate of drug-likeness (QED) is 0.150. The van der Waals surface area contributed by atoms with Crippen molar-refractivity contribution in [2.45, 2.75) is 38.3 Å². The normalized spacial score (nSPS) is 11.0. The second kappa shape index (κ2) is 14.8. The van der Waals surface area contributed by atoms with E-state index in [4.69, 9.17) is 9.47 Å². The number of methoxy groups -OCH3 is 1. The molecular formula is C21H18F5NO3S5. The van der Waals surface area contributed by atoms with Gasteiger partial charge in [-0.15, -0.1) is 0 Å². The molecule has 2 rings (SSSR count). The van der Waals surface area contributed by atoms with Gasteiger partial charge in [0.05, 0.1) is 98.0 Å². The molecule has 35 heavy (non-hydrogen) atoms. The van der Waals surface area contributed by atoms with Crippen molar-refractivity contribution < 1.29 is 33.7 Å². The Morgan fingerprint density at radius 2 is 1.43 bits per heavy atom. The first-order chi connectivity index (χ1) is 16.8. The highest BCUT2D eigenvalue weighted by atomic mass is 32.2. The molecule has 0 aliphatic heterocycles. The molecular weight excluding hydrogens is 570 g/mol. The van der Waals surface area contributed by atoms with Gasteiger partial charge in [-0.1, -0.05) is 11.6 Å². The van der Waals surface area contributed by atoms with Gasteiger partial charge in [-0.25, -0.2) is 0 Å². The zero-order valence-electron chi connectivity index (χ0n) is 18.3. The van der Waals surface area contributed by atoms with Crippen LogP contribution in [0.15, 0.2) is 60.4 Å². The predicted molar refractivity (Wildman–Crippen MR) is 137 cm³/mol. The third kappa shape index (κ3) is 7.68. The highest BCUT2D eigenvalue weighted by molar-refractivity contribution is 8.00. The Morgan fingerprint density at radius 1 is 0.886 bits per heavy atom. The number of hydrogen-bond donors (Lipinski definition) is 1. The number of halogens is 5. The number of nitrogens with one attached hydrogen (secondary N) is 1. The third-order valence-electron chi connectivity index (χ3n) is 4.26. The molecule has 0 unspecified atom stereocenters. The van der Waals surface area contributed by atoms with Crippen LogP contribution >= 0.6 is 60.7 Å². The number of carbonyl (C=O) groups excluding carboxylic acids is 1. The van der Waals surface area contributed by atoms with E-state index in [0.717, 1.165) is 11.6 Å². The SMILES string of the molecule is COc1cc(C=CC(=O)Nc2c(SF)c(SF)c(SF)c(SF)c2SF)ccc1OCC=C(C)C. The fourth-order valence-corrected chi connectivity index (χ4v) is 5.50. The van der Waals surface area contributed by atoms with Crippen molar-refractivity contribution >= 4 is 78.4 Å². The maximum Gasteiger partial charge on any atom is 0.248 e. The standard InChI is InChI=1S/C21H18F5NO3S5/c1-11(2)8-9-30-13-6-4-12(10-14(13)29-3)5-7-15(28)27-16-17(31-22)19(33-24)21(35-26)20(34-25)18(16)32-23/h4-8,10H,9H2,1-3H3,(H,27,28). The molecule has 0 aromatic heterocycles. The first-order valence-electron chi connectivity index (χ1n) is 9.45. The monoisotopic (exact) mass is 587 g/mol. The van der Waals surface area contributed by atoms with E-state index in [9.17, 15) is 24.2 Å². The number of rotatable bonds is 12. The van der Waals surface area contributed by atoms with Gasteiger partial charge in [0.15, 0.2) is 11.5 Å². The molecule has 4 nitrogen and oxygen atoms in total. The summed E-state index contributed by atoms with van der Waals surface area (Å²) >= 11 is -2.71. The molecule has 1 amide bonds. The van der Waals surface area contributed by atoms with Crippen molar-refractivity contribution in [2.75, 3.05) is 19.0 Å². The average molecular weight is 588 g/mol. The topological polar surface area (TPSA) is 47.6 Å².